The summed E-state index contributed by atoms with van der Waals surface area (Å²) in [5.74, 6) is 0.820. The zero-order valence-electron chi connectivity index (χ0n) is 17.1. The summed E-state index contributed by atoms with van der Waals surface area (Å²) in [6.07, 6.45) is 5.67. The fourth-order valence-corrected chi connectivity index (χ4v) is 9.46. The summed E-state index contributed by atoms with van der Waals surface area (Å²) in [4.78, 5) is 0. The van der Waals surface area contributed by atoms with Crippen LogP contribution >= 0.6 is 16.1 Å². The summed E-state index contributed by atoms with van der Waals surface area (Å²) in [7, 11) is -0.695. The van der Waals surface area contributed by atoms with E-state index in [1.165, 1.54) is 36.0 Å². The molecule has 2 fully saturated rings. The fourth-order valence-electron chi connectivity index (χ4n) is 5.61. The van der Waals surface area contributed by atoms with Crippen molar-refractivity contribution in [2.75, 3.05) is 19.5 Å². The molecule has 2 bridgehead atoms. The van der Waals surface area contributed by atoms with Gasteiger partial charge >= 0.3 is 0 Å². The molecule has 1 nitrogen and oxygen atoms in total. The first kappa shape index (κ1) is 19.6. The van der Waals surface area contributed by atoms with Crippen molar-refractivity contribution in [2.45, 2.75) is 39.2 Å². The molecule has 0 radical (unpaired) electrons. The Bertz CT molecular complexity index is 719. The lowest BCUT2D eigenvalue weighted by Gasteiger charge is -2.45. The fraction of sp³-hybridized carbons (Fsp3) is 0.500. The van der Waals surface area contributed by atoms with E-state index in [1.807, 2.05) is 0 Å². The van der Waals surface area contributed by atoms with Crippen molar-refractivity contribution in [3.8, 4) is 0 Å². The second-order valence-corrected chi connectivity index (χ2v) is 13.1. The van der Waals surface area contributed by atoms with Gasteiger partial charge in [-0.1, -0.05) is 74.5 Å². The molecule has 2 aromatic carbocycles. The summed E-state index contributed by atoms with van der Waals surface area (Å²) >= 11 is 0. The average Bonchev–Trinajstić information content (AvgIpc) is 3.02. The minimum atomic E-state index is -0.372. The highest BCUT2D eigenvalue weighted by Gasteiger charge is 2.65. The molecule has 0 heterocycles. The molecule has 2 aliphatic rings. The van der Waals surface area contributed by atoms with Crippen molar-refractivity contribution in [3.63, 3.8) is 0 Å². The van der Waals surface area contributed by atoms with Gasteiger partial charge in [0.1, 0.15) is 0 Å². The quantitative estimate of drug-likeness (QED) is 0.543. The van der Waals surface area contributed by atoms with Crippen LogP contribution in [0.15, 0.2) is 60.7 Å². The smallest absolute Gasteiger partial charge is 0.0685 e. The number of fused-ring (bicyclic) bond motifs is 2. The van der Waals surface area contributed by atoms with Crippen molar-refractivity contribution < 1.29 is 4.52 Å². The zero-order valence-corrected chi connectivity index (χ0v) is 18.8. The largest absolute Gasteiger partial charge is 0.356 e. The zero-order chi connectivity index (χ0) is 19.1. The summed E-state index contributed by atoms with van der Waals surface area (Å²) in [6, 6.07) is 22.4. The Hall–Kier alpha value is -0.740. The molecule has 0 aliphatic heterocycles. The van der Waals surface area contributed by atoms with Gasteiger partial charge in [0.25, 0.3) is 0 Å². The second kappa shape index (κ2) is 7.59. The van der Waals surface area contributed by atoms with Gasteiger partial charge in [0.05, 0.1) is 6.10 Å². The third kappa shape index (κ3) is 3.42. The van der Waals surface area contributed by atoms with Crippen LogP contribution in [0.1, 0.15) is 33.1 Å². The molecule has 4 rings (SSSR count). The summed E-state index contributed by atoms with van der Waals surface area (Å²) in [6.45, 7) is 9.59. The van der Waals surface area contributed by atoms with Crippen LogP contribution in [-0.4, -0.2) is 25.6 Å². The van der Waals surface area contributed by atoms with Crippen LogP contribution in [0.2, 0.25) is 0 Å². The maximum absolute atomic E-state index is 6.63. The summed E-state index contributed by atoms with van der Waals surface area (Å²) < 4.78 is 6.63. The standard InChI is InChI=1S/C24H32OP2/c1-23(2)19-15-16-24(23,22(17-19)25-26(3)4)18-27(20-11-7-5-8-12-20)21-13-9-6-10-14-21/h5-14,19,22H,15-18H2,1-4H3. The third-order valence-electron chi connectivity index (χ3n) is 7.27. The molecule has 2 aromatic rings. The second-order valence-electron chi connectivity index (χ2n) is 9.01. The van der Waals surface area contributed by atoms with E-state index in [1.54, 1.807) is 0 Å². The molecule has 0 aromatic heterocycles. The van der Waals surface area contributed by atoms with Gasteiger partial charge in [0.2, 0.25) is 0 Å². The predicted octanol–water partition coefficient (Wildman–Crippen LogP) is 5.99. The molecular formula is C24H32OP2. The summed E-state index contributed by atoms with van der Waals surface area (Å²) in [5, 5.41) is 3.02. The average molecular weight is 398 g/mol. The molecule has 3 unspecified atom stereocenters. The minimum Gasteiger partial charge on any atom is -0.356 e. The highest BCUT2D eigenvalue weighted by atomic mass is 31.1. The first-order valence-electron chi connectivity index (χ1n) is 10.2. The number of rotatable bonds is 6. The molecule has 2 saturated carbocycles. The van der Waals surface area contributed by atoms with E-state index < -0.39 is 0 Å². The Morgan fingerprint density at radius 3 is 1.96 bits per heavy atom. The highest BCUT2D eigenvalue weighted by molar-refractivity contribution is 7.73. The van der Waals surface area contributed by atoms with Gasteiger partial charge in [0, 0.05) is 13.6 Å². The molecule has 0 N–H and O–H groups in total. The van der Waals surface area contributed by atoms with E-state index in [-0.39, 0.29) is 16.1 Å². The molecule has 0 saturated heterocycles. The van der Waals surface area contributed by atoms with Gasteiger partial charge in [-0.05, 0) is 68.6 Å². The molecule has 144 valence electrons. The van der Waals surface area contributed by atoms with E-state index in [2.05, 4.69) is 87.8 Å². The van der Waals surface area contributed by atoms with E-state index in [4.69, 9.17) is 4.52 Å². The number of benzene rings is 2. The van der Waals surface area contributed by atoms with Gasteiger partial charge in [-0.25, -0.2) is 0 Å². The first-order chi connectivity index (χ1) is 12.9. The monoisotopic (exact) mass is 398 g/mol. The molecular weight excluding hydrogens is 366 g/mol. The van der Waals surface area contributed by atoms with E-state index >= 15 is 0 Å². The van der Waals surface area contributed by atoms with Crippen LogP contribution in [0.4, 0.5) is 0 Å². The van der Waals surface area contributed by atoms with Crippen molar-refractivity contribution in [2.24, 2.45) is 16.7 Å². The molecule has 3 heteroatoms. The Morgan fingerprint density at radius 1 is 0.926 bits per heavy atom. The lowest BCUT2D eigenvalue weighted by Crippen LogP contribution is -2.43. The van der Waals surface area contributed by atoms with E-state index in [0.717, 1.165) is 5.92 Å². The van der Waals surface area contributed by atoms with Crippen LogP contribution in [0.3, 0.4) is 0 Å². The van der Waals surface area contributed by atoms with Crippen molar-refractivity contribution >= 4 is 26.7 Å². The number of hydrogen-bond donors (Lipinski definition) is 0. The molecule has 2 aliphatic carbocycles. The van der Waals surface area contributed by atoms with E-state index in [9.17, 15) is 0 Å². The SMILES string of the molecule is CP(C)OC1CC2CCC1(CP(c1ccccc1)c1ccccc1)C2(C)C. The highest BCUT2D eigenvalue weighted by Crippen LogP contribution is 2.70. The van der Waals surface area contributed by atoms with Gasteiger partial charge in [-0.3, -0.25) is 0 Å². The lowest BCUT2D eigenvalue weighted by atomic mass is 9.70. The van der Waals surface area contributed by atoms with Crippen LogP contribution in [-0.2, 0) is 4.52 Å². The third-order valence-corrected chi connectivity index (χ3v) is 10.7. The molecule has 27 heavy (non-hydrogen) atoms. The minimum absolute atomic E-state index is 0.307. The van der Waals surface area contributed by atoms with Gasteiger partial charge < -0.3 is 4.52 Å². The van der Waals surface area contributed by atoms with Crippen LogP contribution in [0.5, 0.6) is 0 Å². The maximum Gasteiger partial charge on any atom is 0.0685 e. The van der Waals surface area contributed by atoms with E-state index in [0.29, 0.717) is 16.9 Å². The Labute approximate surface area is 167 Å². The van der Waals surface area contributed by atoms with Crippen molar-refractivity contribution in [3.05, 3.63) is 60.7 Å². The number of hydrogen-bond acceptors (Lipinski definition) is 1. The summed E-state index contributed by atoms with van der Waals surface area (Å²) in [5.41, 5.74) is 0.675. The Kier molecular flexibility index (Phi) is 5.50. The van der Waals surface area contributed by atoms with Crippen LogP contribution < -0.4 is 10.6 Å². The van der Waals surface area contributed by atoms with Crippen LogP contribution in [0.25, 0.3) is 0 Å². The van der Waals surface area contributed by atoms with Gasteiger partial charge in [0.15, 0.2) is 0 Å². The molecule has 0 amide bonds. The van der Waals surface area contributed by atoms with Gasteiger partial charge in [-0.2, -0.15) is 0 Å². The Balaban J connectivity index is 1.75. The molecule has 0 spiro atoms. The van der Waals surface area contributed by atoms with Crippen molar-refractivity contribution in [1.29, 1.82) is 0 Å². The Morgan fingerprint density at radius 2 is 1.48 bits per heavy atom. The van der Waals surface area contributed by atoms with Crippen molar-refractivity contribution in [1.82, 2.24) is 0 Å². The molecule has 3 atom stereocenters. The topological polar surface area (TPSA) is 9.23 Å². The first-order valence-corrected chi connectivity index (χ1v) is 13.8. The normalized spacial score (nSPS) is 29.0. The lowest BCUT2D eigenvalue weighted by molar-refractivity contribution is 0.0427. The van der Waals surface area contributed by atoms with Crippen LogP contribution in [0, 0.1) is 16.7 Å². The maximum atomic E-state index is 6.63. The van der Waals surface area contributed by atoms with Gasteiger partial charge in [-0.15, -0.1) is 0 Å². The predicted molar refractivity (Wildman–Crippen MR) is 121 cm³/mol.